The van der Waals surface area contributed by atoms with Crippen molar-refractivity contribution in [1.29, 1.82) is 0 Å². The van der Waals surface area contributed by atoms with Crippen LogP contribution < -0.4 is 10.2 Å². The molecule has 0 saturated heterocycles. The Balaban J connectivity index is 1.91. The van der Waals surface area contributed by atoms with Crippen LogP contribution in [0.3, 0.4) is 0 Å². The molecule has 1 amide bonds. The average molecular weight is 388 g/mol. The first-order valence-corrected chi connectivity index (χ1v) is 9.49. The van der Waals surface area contributed by atoms with Crippen molar-refractivity contribution in [2.45, 2.75) is 27.7 Å². The van der Waals surface area contributed by atoms with Crippen molar-refractivity contribution >= 4 is 29.0 Å². The summed E-state index contributed by atoms with van der Waals surface area (Å²) in [6.07, 6.45) is 0. The summed E-state index contributed by atoms with van der Waals surface area (Å²) in [7, 11) is 0. The number of carbonyl (C=O) groups excluding carboxylic acids is 2. The van der Waals surface area contributed by atoms with Crippen molar-refractivity contribution in [2.75, 3.05) is 16.8 Å². The Hall–Kier alpha value is -3.54. The molecule has 0 aliphatic rings. The van der Waals surface area contributed by atoms with E-state index in [0.29, 0.717) is 29.4 Å². The highest BCUT2D eigenvalue weighted by Gasteiger charge is 2.16. The van der Waals surface area contributed by atoms with Gasteiger partial charge in [-0.25, -0.2) is 9.97 Å². The lowest BCUT2D eigenvalue weighted by Gasteiger charge is -2.22. The normalized spacial score (nSPS) is 10.5. The van der Waals surface area contributed by atoms with E-state index >= 15 is 0 Å². The summed E-state index contributed by atoms with van der Waals surface area (Å²) >= 11 is 0. The van der Waals surface area contributed by atoms with E-state index < -0.39 is 0 Å². The molecule has 0 fully saturated rings. The summed E-state index contributed by atoms with van der Waals surface area (Å²) in [4.78, 5) is 35.4. The molecule has 0 aliphatic carbocycles. The molecule has 2 aromatic carbocycles. The number of nitrogens with one attached hydrogen (secondary N) is 1. The van der Waals surface area contributed by atoms with E-state index in [1.807, 2.05) is 43.9 Å². The van der Waals surface area contributed by atoms with Gasteiger partial charge in [0.2, 0.25) is 5.95 Å². The van der Waals surface area contributed by atoms with Gasteiger partial charge in [0.15, 0.2) is 5.78 Å². The SMILES string of the molecule is CCN(c1cccc(C)c1)c1nc(C)cc(C(=O)Nc2cccc(C(C)=O)c2)n1. The maximum absolute atomic E-state index is 12.8. The summed E-state index contributed by atoms with van der Waals surface area (Å²) in [5.74, 6) is 0.0662. The van der Waals surface area contributed by atoms with Crippen molar-refractivity contribution in [3.63, 3.8) is 0 Å². The van der Waals surface area contributed by atoms with Crippen LogP contribution in [0.1, 0.15) is 46.0 Å². The highest BCUT2D eigenvalue weighted by molar-refractivity contribution is 6.04. The largest absolute Gasteiger partial charge is 0.321 e. The van der Waals surface area contributed by atoms with Crippen molar-refractivity contribution in [3.05, 3.63) is 77.1 Å². The summed E-state index contributed by atoms with van der Waals surface area (Å²) in [5, 5.41) is 2.81. The second kappa shape index (κ2) is 8.65. The summed E-state index contributed by atoms with van der Waals surface area (Å²) in [5.41, 5.74) is 4.16. The van der Waals surface area contributed by atoms with Gasteiger partial charge in [-0.1, -0.05) is 24.3 Å². The van der Waals surface area contributed by atoms with Gasteiger partial charge in [0, 0.05) is 29.2 Å². The van der Waals surface area contributed by atoms with Crippen molar-refractivity contribution < 1.29 is 9.59 Å². The molecular formula is C23H24N4O2. The molecule has 0 spiro atoms. The number of hydrogen-bond donors (Lipinski definition) is 1. The van der Waals surface area contributed by atoms with E-state index in [4.69, 9.17) is 0 Å². The first-order chi connectivity index (χ1) is 13.9. The number of ketones is 1. The number of hydrogen-bond acceptors (Lipinski definition) is 5. The van der Waals surface area contributed by atoms with Gasteiger partial charge < -0.3 is 10.2 Å². The minimum absolute atomic E-state index is 0.0574. The van der Waals surface area contributed by atoms with Crippen LogP contribution in [0.15, 0.2) is 54.6 Å². The Morgan fingerprint density at radius 3 is 2.45 bits per heavy atom. The Kier molecular flexibility index (Phi) is 6.02. The van der Waals surface area contributed by atoms with Crippen LogP contribution in [0.5, 0.6) is 0 Å². The van der Waals surface area contributed by atoms with Crippen LogP contribution >= 0.6 is 0 Å². The average Bonchev–Trinajstić information content (AvgIpc) is 2.68. The second-order valence-corrected chi connectivity index (χ2v) is 6.87. The summed E-state index contributed by atoms with van der Waals surface area (Å²) in [6.45, 7) is 8.03. The Bertz CT molecular complexity index is 1060. The van der Waals surface area contributed by atoms with Gasteiger partial charge in [-0.3, -0.25) is 9.59 Å². The van der Waals surface area contributed by atoms with Crippen molar-refractivity contribution in [3.8, 4) is 0 Å². The quantitative estimate of drug-likeness (QED) is 0.619. The van der Waals surface area contributed by atoms with Crippen LogP contribution in [-0.2, 0) is 0 Å². The minimum atomic E-state index is -0.349. The number of aryl methyl sites for hydroxylation is 2. The maximum atomic E-state index is 12.8. The maximum Gasteiger partial charge on any atom is 0.274 e. The van der Waals surface area contributed by atoms with Crippen LogP contribution in [0.4, 0.5) is 17.3 Å². The number of amides is 1. The van der Waals surface area contributed by atoms with E-state index in [9.17, 15) is 9.59 Å². The van der Waals surface area contributed by atoms with E-state index in [1.165, 1.54) is 6.92 Å². The van der Waals surface area contributed by atoms with Gasteiger partial charge in [0.1, 0.15) is 5.69 Å². The molecule has 0 atom stereocenters. The van der Waals surface area contributed by atoms with Crippen molar-refractivity contribution in [1.82, 2.24) is 9.97 Å². The van der Waals surface area contributed by atoms with E-state index in [2.05, 4.69) is 21.4 Å². The number of benzene rings is 2. The first kappa shape index (κ1) is 20.2. The van der Waals surface area contributed by atoms with Gasteiger partial charge in [-0.05, 0) is 63.6 Å². The molecule has 3 aromatic rings. The fourth-order valence-corrected chi connectivity index (χ4v) is 3.04. The van der Waals surface area contributed by atoms with Crippen LogP contribution in [0.2, 0.25) is 0 Å². The van der Waals surface area contributed by atoms with E-state index in [0.717, 1.165) is 11.3 Å². The second-order valence-electron chi connectivity index (χ2n) is 6.87. The van der Waals surface area contributed by atoms with Gasteiger partial charge in [-0.2, -0.15) is 0 Å². The Labute approximate surface area is 170 Å². The monoisotopic (exact) mass is 388 g/mol. The third kappa shape index (κ3) is 4.85. The number of aromatic nitrogens is 2. The van der Waals surface area contributed by atoms with Crippen LogP contribution in [-0.4, -0.2) is 28.2 Å². The van der Waals surface area contributed by atoms with E-state index in [1.54, 1.807) is 30.3 Å². The number of Topliss-reactive ketones (excluding diaryl/α,β-unsaturated/α-hetero) is 1. The number of carbonyl (C=O) groups is 2. The van der Waals surface area contributed by atoms with Crippen molar-refractivity contribution in [2.24, 2.45) is 0 Å². The molecular weight excluding hydrogens is 364 g/mol. The smallest absolute Gasteiger partial charge is 0.274 e. The predicted molar refractivity (Wildman–Crippen MR) is 115 cm³/mol. The Morgan fingerprint density at radius 2 is 1.76 bits per heavy atom. The lowest BCUT2D eigenvalue weighted by atomic mass is 10.1. The fourth-order valence-electron chi connectivity index (χ4n) is 3.04. The third-order valence-corrected chi connectivity index (χ3v) is 4.47. The molecule has 0 bridgehead atoms. The topological polar surface area (TPSA) is 75.2 Å². The number of rotatable bonds is 6. The lowest BCUT2D eigenvalue weighted by Crippen LogP contribution is -2.22. The standard InChI is InChI=1S/C23H24N4O2/c1-5-27(20-11-6-8-15(2)12-20)23-24-16(3)13-21(26-23)22(29)25-19-10-7-9-18(14-19)17(4)28/h6-14H,5H2,1-4H3,(H,25,29). The van der Waals surface area contributed by atoms with Crippen LogP contribution in [0.25, 0.3) is 0 Å². The zero-order chi connectivity index (χ0) is 21.0. The molecule has 6 heteroatoms. The third-order valence-electron chi connectivity index (χ3n) is 4.47. The zero-order valence-corrected chi connectivity index (χ0v) is 17.1. The Morgan fingerprint density at radius 1 is 1.00 bits per heavy atom. The molecule has 0 unspecified atom stereocenters. The first-order valence-electron chi connectivity index (χ1n) is 9.49. The highest BCUT2D eigenvalue weighted by Crippen LogP contribution is 2.23. The molecule has 29 heavy (non-hydrogen) atoms. The molecule has 0 saturated carbocycles. The fraction of sp³-hybridized carbons (Fsp3) is 0.217. The number of anilines is 3. The van der Waals surface area contributed by atoms with Gasteiger partial charge in [0.05, 0.1) is 0 Å². The number of nitrogens with zero attached hydrogens (tertiary/aromatic N) is 3. The minimum Gasteiger partial charge on any atom is -0.321 e. The molecule has 1 N–H and O–H groups in total. The molecule has 0 aliphatic heterocycles. The molecule has 1 heterocycles. The molecule has 148 valence electrons. The van der Waals surface area contributed by atoms with Gasteiger partial charge >= 0.3 is 0 Å². The summed E-state index contributed by atoms with van der Waals surface area (Å²) in [6, 6.07) is 16.6. The van der Waals surface area contributed by atoms with Gasteiger partial charge in [0.25, 0.3) is 5.91 Å². The zero-order valence-electron chi connectivity index (χ0n) is 17.1. The van der Waals surface area contributed by atoms with E-state index in [-0.39, 0.29) is 17.4 Å². The predicted octanol–water partition coefficient (Wildman–Crippen LogP) is 4.71. The molecule has 3 rings (SSSR count). The summed E-state index contributed by atoms with van der Waals surface area (Å²) < 4.78 is 0. The molecule has 6 nitrogen and oxygen atoms in total. The van der Waals surface area contributed by atoms with Gasteiger partial charge in [-0.15, -0.1) is 0 Å². The van der Waals surface area contributed by atoms with Crippen LogP contribution in [0, 0.1) is 13.8 Å². The highest BCUT2D eigenvalue weighted by atomic mass is 16.2. The molecule has 1 aromatic heterocycles. The lowest BCUT2D eigenvalue weighted by molar-refractivity contribution is 0.100. The molecule has 0 radical (unpaired) electrons.